The van der Waals surface area contributed by atoms with E-state index < -0.39 is 0 Å². The van der Waals surface area contributed by atoms with Gasteiger partial charge in [-0.25, -0.2) is 5.43 Å². The van der Waals surface area contributed by atoms with Crippen LogP contribution < -0.4 is 11.3 Å². The molecule has 1 unspecified atom stereocenters. The van der Waals surface area contributed by atoms with Gasteiger partial charge in [-0.2, -0.15) is 0 Å². The molecule has 0 amide bonds. The Morgan fingerprint density at radius 1 is 1.44 bits per heavy atom. The van der Waals surface area contributed by atoms with Crippen LogP contribution >= 0.6 is 0 Å². The topological polar surface area (TPSA) is 60.4 Å². The lowest BCUT2D eigenvalue weighted by molar-refractivity contribution is -0.0689. The van der Waals surface area contributed by atoms with E-state index in [0.29, 0.717) is 0 Å². The fourth-order valence-electron chi connectivity index (χ4n) is 2.75. The summed E-state index contributed by atoms with van der Waals surface area (Å²) >= 11 is 0. The molecule has 4 nitrogen and oxygen atoms in total. The zero-order valence-electron chi connectivity index (χ0n) is 9.74. The van der Waals surface area contributed by atoms with Gasteiger partial charge in [-0.05, 0) is 18.9 Å². The molecule has 3 N–H and O–H groups in total. The van der Waals surface area contributed by atoms with Crippen LogP contribution in [0.2, 0.25) is 0 Å². The highest BCUT2D eigenvalue weighted by Crippen LogP contribution is 2.40. The SMILES string of the molecule is COC1(C(NN)c2ccoc2)CCCCC1. The van der Waals surface area contributed by atoms with Gasteiger partial charge in [-0.1, -0.05) is 19.3 Å². The lowest BCUT2D eigenvalue weighted by Crippen LogP contribution is -2.49. The van der Waals surface area contributed by atoms with Gasteiger partial charge in [0.15, 0.2) is 0 Å². The molecule has 1 heterocycles. The third kappa shape index (κ3) is 2.00. The van der Waals surface area contributed by atoms with Crippen molar-refractivity contribution in [1.82, 2.24) is 5.43 Å². The maximum absolute atomic E-state index is 5.77. The molecule has 1 aromatic rings. The Bertz CT molecular complexity index is 305. The van der Waals surface area contributed by atoms with Crippen LogP contribution in [-0.4, -0.2) is 12.7 Å². The summed E-state index contributed by atoms with van der Waals surface area (Å²) in [6.45, 7) is 0. The summed E-state index contributed by atoms with van der Waals surface area (Å²) in [7, 11) is 1.77. The Labute approximate surface area is 96.1 Å². The van der Waals surface area contributed by atoms with Gasteiger partial charge in [0.05, 0.1) is 24.2 Å². The second kappa shape index (κ2) is 4.99. The van der Waals surface area contributed by atoms with Crippen LogP contribution in [-0.2, 0) is 4.74 Å². The van der Waals surface area contributed by atoms with Crippen LogP contribution in [0.15, 0.2) is 23.0 Å². The fraction of sp³-hybridized carbons (Fsp3) is 0.667. The quantitative estimate of drug-likeness (QED) is 0.607. The number of ether oxygens (including phenoxy) is 1. The molecule has 1 saturated carbocycles. The van der Waals surface area contributed by atoms with Gasteiger partial charge in [0.25, 0.3) is 0 Å². The molecule has 0 saturated heterocycles. The Kier molecular flexibility index (Phi) is 3.63. The molecule has 0 aliphatic heterocycles. The summed E-state index contributed by atoms with van der Waals surface area (Å²) in [5.74, 6) is 5.68. The van der Waals surface area contributed by atoms with Crippen LogP contribution in [0.25, 0.3) is 0 Å². The number of hydrogen-bond acceptors (Lipinski definition) is 4. The first kappa shape index (κ1) is 11.6. The third-order valence-corrected chi connectivity index (χ3v) is 3.68. The summed E-state index contributed by atoms with van der Waals surface area (Å²) in [4.78, 5) is 0. The molecule has 1 atom stereocenters. The number of nitrogens with one attached hydrogen (secondary N) is 1. The fourth-order valence-corrected chi connectivity index (χ4v) is 2.75. The first-order valence-corrected chi connectivity index (χ1v) is 5.86. The van der Waals surface area contributed by atoms with E-state index in [2.05, 4.69) is 5.43 Å². The Morgan fingerprint density at radius 2 is 2.19 bits per heavy atom. The van der Waals surface area contributed by atoms with Crippen LogP contribution in [0, 0.1) is 0 Å². The van der Waals surface area contributed by atoms with Crippen molar-refractivity contribution in [3.05, 3.63) is 24.2 Å². The summed E-state index contributed by atoms with van der Waals surface area (Å²) in [6.07, 6.45) is 9.18. The van der Waals surface area contributed by atoms with E-state index >= 15 is 0 Å². The molecule has 1 aliphatic carbocycles. The van der Waals surface area contributed by atoms with E-state index in [1.54, 1.807) is 19.6 Å². The first-order valence-electron chi connectivity index (χ1n) is 5.86. The minimum absolute atomic E-state index is 0.0107. The summed E-state index contributed by atoms with van der Waals surface area (Å²) < 4.78 is 10.9. The van der Waals surface area contributed by atoms with Gasteiger partial charge in [0.1, 0.15) is 0 Å². The van der Waals surface area contributed by atoms with Crippen LogP contribution in [0.3, 0.4) is 0 Å². The van der Waals surface area contributed by atoms with Gasteiger partial charge in [-0.15, -0.1) is 0 Å². The average Bonchev–Trinajstić information content (AvgIpc) is 2.85. The minimum atomic E-state index is -0.184. The molecule has 1 aromatic heterocycles. The monoisotopic (exact) mass is 224 g/mol. The first-order chi connectivity index (χ1) is 7.82. The molecule has 90 valence electrons. The molecule has 0 aromatic carbocycles. The van der Waals surface area contributed by atoms with Crippen LogP contribution in [0.4, 0.5) is 0 Å². The zero-order valence-corrected chi connectivity index (χ0v) is 9.74. The standard InChI is InChI=1S/C12H20N2O2/c1-15-12(6-3-2-4-7-12)11(14-13)10-5-8-16-9-10/h5,8-9,11,14H,2-4,6-7,13H2,1H3. The summed E-state index contributed by atoms with van der Waals surface area (Å²) in [5, 5.41) is 0. The maximum Gasteiger partial charge on any atom is 0.0952 e. The van der Waals surface area contributed by atoms with Crippen molar-refractivity contribution in [3.63, 3.8) is 0 Å². The van der Waals surface area contributed by atoms with Crippen molar-refractivity contribution < 1.29 is 9.15 Å². The minimum Gasteiger partial charge on any atom is -0.472 e. The van der Waals surface area contributed by atoms with Gasteiger partial charge < -0.3 is 9.15 Å². The van der Waals surface area contributed by atoms with Gasteiger partial charge in [-0.3, -0.25) is 5.84 Å². The van der Waals surface area contributed by atoms with Crippen LogP contribution in [0.5, 0.6) is 0 Å². The lowest BCUT2D eigenvalue weighted by Gasteiger charge is -2.41. The Morgan fingerprint density at radius 3 is 2.69 bits per heavy atom. The highest BCUT2D eigenvalue weighted by molar-refractivity contribution is 5.17. The van der Waals surface area contributed by atoms with E-state index in [-0.39, 0.29) is 11.6 Å². The van der Waals surface area contributed by atoms with Crippen molar-refractivity contribution >= 4 is 0 Å². The molecule has 16 heavy (non-hydrogen) atoms. The second-order valence-electron chi connectivity index (χ2n) is 4.49. The molecule has 2 rings (SSSR count). The largest absolute Gasteiger partial charge is 0.472 e. The molecule has 0 bridgehead atoms. The van der Waals surface area contributed by atoms with Crippen molar-refractivity contribution in [2.24, 2.45) is 5.84 Å². The number of methoxy groups -OCH3 is 1. The maximum atomic E-state index is 5.77. The van der Waals surface area contributed by atoms with Crippen molar-refractivity contribution in [2.45, 2.75) is 43.7 Å². The Hall–Kier alpha value is -0.840. The highest BCUT2D eigenvalue weighted by Gasteiger charge is 2.40. The summed E-state index contributed by atoms with van der Waals surface area (Å²) in [6, 6.07) is 1.96. The number of nitrogens with two attached hydrogens (primary N) is 1. The zero-order chi connectivity index (χ0) is 11.4. The van der Waals surface area contributed by atoms with E-state index in [1.807, 2.05) is 6.07 Å². The normalized spacial score (nSPS) is 21.9. The molecular weight excluding hydrogens is 204 g/mol. The van der Waals surface area contributed by atoms with Crippen molar-refractivity contribution in [3.8, 4) is 0 Å². The number of furan rings is 1. The van der Waals surface area contributed by atoms with Crippen LogP contribution in [0.1, 0.15) is 43.7 Å². The number of rotatable bonds is 4. The highest BCUT2D eigenvalue weighted by atomic mass is 16.5. The lowest BCUT2D eigenvalue weighted by atomic mass is 9.77. The van der Waals surface area contributed by atoms with E-state index in [0.717, 1.165) is 18.4 Å². The molecule has 4 heteroatoms. The van der Waals surface area contributed by atoms with Gasteiger partial charge in [0.2, 0.25) is 0 Å². The van der Waals surface area contributed by atoms with Gasteiger partial charge in [0, 0.05) is 12.7 Å². The summed E-state index contributed by atoms with van der Waals surface area (Å²) in [5.41, 5.74) is 3.76. The van der Waals surface area contributed by atoms with Crippen molar-refractivity contribution in [1.29, 1.82) is 0 Å². The van der Waals surface area contributed by atoms with E-state index in [4.69, 9.17) is 15.0 Å². The van der Waals surface area contributed by atoms with Gasteiger partial charge >= 0.3 is 0 Å². The molecule has 1 aliphatic rings. The molecular formula is C12H20N2O2. The van der Waals surface area contributed by atoms with E-state index in [1.165, 1.54) is 19.3 Å². The molecule has 1 fully saturated rings. The average molecular weight is 224 g/mol. The smallest absolute Gasteiger partial charge is 0.0952 e. The predicted octanol–water partition coefficient (Wildman–Crippen LogP) is 2.13. The number of hydrogen-bond donors (Lipinski definition) is 2. The van der Waals surface area contributed by atoms with Crippen molar-refractivity contribution in [2.75, 3.05) is 7.11 Å². The second-order valence-corrected chi connectivity index (χ2v) is 4.49. The predicted molar refractivity (Wildman–Crippen MR) is 61.6 cm³/mol. The Balaban J connectivity index is 2.23. The van der Waals surface area contributed by atoms with E-state index in [9.17, 15) is 0 Å². The third-order valence-electron chi connectivity index (χ3n) is 3.68. The molecule has 0 radical (unpaired) electrons. The number of hydrazine groups is 1. The molecule has 0 spiro atoms.